The Morgan fingerprint density at radius 1 is 1.50 bits per heavy atom. The standard InChI is InChI=1S/C13H22N2O/c1-2-13(5-6-14-9-13)12(16)15-8-10-3-4-11(15)7-10/h10-11,14H,2-9H2,1H3. The van der Waals surface area contributed by atoms with E-state index in [4.69, 9.17) is 0 Å². The molecule has 3 heteroatoms. The third kappa shape index (κ3) is 1.41. The Balaban J connectivity index is 1.77. The van der Waals surface area contributed by atoms with Gasteiger partial charge in [0.25, 0.3) is 0 Å². The molecule has 1 amide bonds. The van der Waals surface area contributed by atoms with E-state index < -0.39 is 0 Å². The van der Waals surface area contributed by atoms with Gasteiger partial charge in [-0.2, -0.15) is 0 Å². The van der Waals surface area contributed by atoms with Crippen molar-refractivity contribution in [3.8, 4) is 0 Å². The van der Waals surface area contributed by atoms with Gasteiger partial charge in [0, 0.05) is 19.1 Å². The van der Waals surface area contributed by atoms with Crippen molar-refractivity contribution in [2.75, 3.05) is 19.6 Å². The topological polar surface area (TPSA) is 32.3 Å². The molecule has 16 heavy (non-hydrogen) atoms. The molecule has 90 valence electrons. The van der Waals surface area contributed by atoms with E-state index in [1.54, 1.807) is 0 Å². The smallest absolute Gasteiger partial charge is 0.230 e. The Kier molecular flexibility index (Phi) is 2.46. The quantitative estimate of drug-likeness (QED) is 0.765. The van der Waals surface area contributed by atoms with Crippen LogP contribution in [0.25, 0.3) is 0 Å². The third-order valence-corrected chi connectivity index (χ3v) is 5.04. The number of hydrogen-bond donors (Lipinski definition) is 1. The van der Waals surface area contributed by atoms with Gasteiger partial charge in [-0.1, -0.05) is 6.92 Å². The number of rotatable bonds is 2. The minimum Gasteiger partial charge on any atom is -0.339 e. The van der Waals surface area contributed by atoms with Crippen molar-refractivity contribution in [2.24, 2.45) is 11.3 Å². The molecule has 0 aromatic carbocycles. The number of piperidine rings is 1. The predicted molar refractivity (Wildman–Crippen MR) is 63.1 cm³/mol. The molecule has 0 aromatic rings. The first-order valence-corrected chi connectivity index (χ1v) is 6.77. The molecule has 1 N–H and O–H groups in total. The third-order valence-electron chi connectivity index (χ3n) is 5.04. The number of nitrogens with zero attached hydrogens (tertiary/aromatic N) is 1. The van der Waals surface area contributed by atoms with Gasteiger partial charge in [-0.15, -0.1) is 0 Å². The fraction of sp³-hybridized carbons (Fsp3) is 0.923. The summed E-state index contributed by atoms with van der Waals surface area (Å²) < 4.78 is 0. The van der Waals surface area contributed by atoms with Crippen molar-refractivity contribution in [2.45, 2.75) is 45.1 Å². The molecule has 2 bridgehead atoms. The van der Waals surface area contributed by atoms with Gasteiger partial charge in [-0.3, -0.25) is 4.79 Å². The van der Waals surface area contributed by atoms with Gasteiger partial charge < -0.3 is 10.2 Å². The highest BCUT2D eigenvalue weighted by Crippen LogP contribution is 2.41. The van der Waals surface area contributed by atoms with Crippen LogP contribution in [0.2, 0.25) is 0 Å². The SMILES string of the molecule is CCC1(C(=O)N2CC3CCC2C3)CCNC1. The second-order valence-electron chi connectivity index (χ2n) is 5.85. The van der Waals surface area contributed by atoms with E-state index in [1.807, 2.05) is 0 Å². The van der Waals surface area contributed by atoms with Crippen LogP contribution >= 0.6 is 0 Å². The van der Waals surface area contributed by atoms with E-state index in [-0.39, 0.29) is 5.41 Å². The number of nitrogens with one attached hydrogen (secondary N) is 1. The first kappa shape index (κ1) is 10.6. The largest absolute Gasteiger partial charge is 0.339 e. The molecular formula is C13H22N2O. The molecule has 1 aliphatic carbocycles. The van der Waals surface area contributed by atoms with Crippen molar-refractivity contribution in [1.29, 1.82) is 0 Å². The van der Waals surface area contributed by atoms with Crippen LogP contribution in [0.3, 0.4) is 0 Å². The van der Waals surface area contributed by atoms with Crippen LogP contribution in [0, 0.1) is 11.3 Å². The highest BCUT2D eigenvalue weighted by Gasteiger charge is 2.48. The minimum absolute atomic E-state index is 0.0650. The van der Waals surface area contributed by atoms with E-state index in [9.17, 15) is 4.79 Å². The second kappa shape index (κ2) is 3.73. The summed E-state index contributed by atoms with van der Waals surface area (Å²) in [7, 11) is 0. The zero-order chi connectivity index (χ0) is 11.2. The summed E-state index contributed by atoms with van der Waals surface area (Å²) >= 11 is 0. The van der Waals surface area contributed by atoms with Crippen molar-refractivity contribution in [3.05, 3.63) is 0 Å². The van der Waals surface area contributed by atoms with Gasteiger partial charge >= 0.3 is 0 Å². The van der Waals surface area contributed by atoms with Gasteiger partial charge in [-0.05, 0) is 44.6 Å². The maximum atomic E-state index is 12.7. The lowest BCUT2D eigenvalue weighted by atomic mass is 9.82. The van der Waals surface area contributed by atoms with Crippen molar-refractivity contribution in [1.82, 2.24) is 10.2 Å². The summed E-state index contributed by atoms with van der Waals surface area (Å²) in [6.45, 7) is 5.13. The Labute approximate surface area is 97.6 Å². The number of fused-ring (bicyclic) bond motifs is 2. The highest BCUT2D eigenvalue weighted by molar-refractivity contribution is 5.84. The Morgan fingerprint density at radius 3 is 2.88 bits per heavy atom. The van der Waals surface area contributed by atoms with Crippen LogP contribution in [0.5, 0.6) is 0 Å². The molecule has 3 unspecified atom stereocenters. The molecule has 2 aliphatic heterocycles. The number of carbonyl (C=O) groups is 1. The molecule has 3 atom stereocenters. The zero-order valence-electron chi connectivity index (χ0n) is 10.2. The summed E-state index contributed by atoms with van der Waals surface area (Å²) in [6, 6.07) is 0.585. The number of likely N-dealkylation sites (tertiary alicyclic amines) is 1. The van der Waals surface area contributed by atoms with Gasteiger partial charge in [0.15, 0.2) is 0 Å². The van der Waals surface area contributed by atoms with Gasteiger partial charge in [0.05, 0.1) is 5.41 Å². The average molecular weight is 222 g/mol. The van der Waals surface area contributed by atoms with Gasteiger partial charge in [0.1, 0.15) is 0 Å². The molecule has 0 radical (unpaired) electrons. The summed E-state index contributed by atoms with van der Waals surface area (Å²) in [5, 5.41) is 3.37. The Morgan fingerprint density at radius 2 is 2.38 bits per heavy atom. The molecular weight excluding hydrogens is 200 g/mol. The van der Waals surface area contributed by atoms with Crippen LogP contribution < -0.4 is 5.32 Å². The average Bonchev–Trinajstić information content (AvgIpc) is 3.03. The monoisotopic (exact) mass is 222 g/mol. The van der Waals surface area contributed by atoms with E-state index in [0.717, 1.165) is 38.4 Å². The lowest BCUT2D eigenvalue weighted by molar-refractivity contribution is -0.143. The lowest BCUT2D eigenvalue weighted by Gasteiger charge is -2.35. The highest BCUT2D eigenvalue weighted by atomic mass is 16.2. The van der Waals surface area contributed by atoms with Crippen LogP contribution in [-0.2, 0) is 4.79 Å². The fourth-order valence-corrected chi connectivity index (χ4v) is 3.86. The summed E-state index contributed by atoms with van der Waals surface area (Å²) in [4.78, 5) is 14.9. The van der Waals surface area contributed by atoms with E-state index in [1.165, 1.54) is 19.3 Å². The molecule has 1 saturated carbocycles. The molecule has 3 aliphatic rings. The van der Waals surface area contributed by atoms with Crippen molar-refractivity contribution >= 4 is 5.91 Å². The molecule has 3 nitrogen and oxygen atoms in total. The maximum absolute atomic E-state index is 12.7. The van der Waals surface area contributed by atoms with Crippen molar-refractivity contribution < 1.29 is 4.79 Å². The summed E-state index contributed by atoms with van der Waals surface area (Å²) in [5.74, 6) is 1.27. The second-order valence-corrected chi connectivity index (χ2v) is 5.85. The molecule has 2 heterocycles. The summed E-state index contributed by atoms with van der Waals surface area (Å²) in [5.41, 5.74) is -0.0650. The fourth-order valence-electron chi connectivity index (χ4n) is 3.86. The molecule has 2 saturated heterocycles. The number of hydrogen-bond acceptors (Lipinski definition) is 2. The van der Waals surface area contributed by atoms with Crippen LogP contribution in [0.1, 0.15) is 39.0 Å². The first-order chi connectivity index (χ1) is 7.75. The van der Waals surface area contributed by atoms with Gasteiger partial charge in [-0.25, -0.2) is 0 Å². The zero-order valence-corrected chi connectivity index (χ0v) is 10.2. The number of carbonyl (C=O) groups excluding carboxylic acids is 1. The lowest BCUT2D eigenvalue weighted by Crippen LogP contribution is -2.48. The minimum atomic E-state index is -0.0650. The van der Waals surface area contributed by atoms with Crippen LogP contribution in [0.15, 0.2) is 0 Å². The van der Waals surface area contributed by atoms with E-state index in [0.29, 0.717) is 11.9 Å². The predicted octanol–water partition coefficient (Wildman–Crippen LogP) is 1.39. The van der Waals surface area contributed by atoms with Gasteiger partial charge in [0.2, 0.25) is 5.91 Å². The van der Waals surface area contributed by atoms with Crippen molar-refractivity contribution in [3.63, 3.8) is 0 Å². The molecule has 3 fully saturated rings. The maximum Gasteiger partial charge on any atom is 0.230 e. The number of amides is 1. The Hall–Kier alpha value is -0.570. The summed E-state index contributed by atoms with van der Waals surface area (Å²) in [6.07, 6.45) is 5.91. The van der Waals surface area contributed by atoms with Crippen LogP contribution in [0.4, 0.5) is 0 Å². The first-order valence-electron chi connectivity index (χ1n) is 6.77. The van der Waals surface area contributed by atoms with E-state index in [2.05, 4.69) is 17.1 Å². The normalized spacial score (nSPS) is 41.9. The van der Waals surface area contributed by atoms with E-state index >= 15 is 0 Å². The Bertz CT molecular complexity index is 296. The molecule has 0 spiro atoms. The molecule has 0 aromatic heterocycles. The van der Waals surface area contributed by atoms with Crippen LogP contribution in [-0.4, -0.2) is 36.5 Å². The molecule has 3 rings (SSSR count).